The van der Waals surface area contributed by atoms with Gasteiger partial charge in [-0.1, -0.05) is 12.1 Å². The maximum Gasteiger partial charge on any atom is 0.328 e. The fourth-order valence-corrected chi connectivity index (χ4v) is 2.15. The average Bonchev–Trinajstić information content (AvgIpc) is 2.56. The number of nitrogens with one attached hydrogen (secondary N) is 2. The summed E-state index contributed by atoms with van der Waals surface area (Å²) >= 11 is 0. The van der Waals surface area contributed by atoms with E-state index >= 15 is 0 Å². The molecule has 0 aliphatic rings. The third-order valence-corrected chi connectivity index (χ3v) is 3.26. The van der Waals surface area contributed by atoms with Crippen LogP contribution in [-0.4, -0.2) is 28.1 Å². The number of aromatic nitrogens is 2. The summed E-state index contributed by atoms with van der Waals surface area (Å²) in [6.45, 7) is 3.99. The molecule has 0 saturated heterocycles. The van der Waals surface area contributed by atoms with Gasteiger partial charge >= 0.3 is 5.69 Å². The fraction of sp³-hybridized carbons (Fsp3) is 0.294. The first-order valence-corrected chi connectivity index (χ1v) is 7.70. The lowest BCUT2D eigenvalue weighted by atomic mass is 10.2. The zero-order chi connectivity index (χ0) is 18.4. The van der Waals surface area contributed by atoms with Gasteiger partial charge in [0.05, 0.1) is 11.7 Å². The second-order valence-electron chi connectivity index (χ2n) is 5.53. The van der Waals surface area contributed by atoms with E-state index in [0.29, 0.717) is 11.3 Å². The van der Waals surface area contributed by atoms with Crippen molar-refractivity contribution in [2.24, 2.45) is 0 Å². The first-order valence-electron chi connectivity index (χ1n) is 7.70. The van der Waals surface area contributed by atoms with Crippen molar-refractivity contribution in [2.45, 2.75) is 26.5 Å². The second kappa shape index (κ2) is 7.97. The molecule has 0 unspecified atom stereocenters. The highest BCUT2D eigenvalue weighted by atomic mass is 16.5. The fourth-order valence-electron chi connectivity index (χ4n) is 2.15. The Morgan fingerprint density at radius 2 is 2.08 bits per heavy atom. The number of hydrogen-bond donors (Lipinski definition) is 2. The summed E-state index contributed by atoms with van der Waals surface area (Å²) in [5.41, 5.74) is -1.14. The molecule has 1 heterocycles. The van der Waals surface area contributed by atoms with E-state index in [1.807, 2.05) is 13.8 Å². The Morgan fingerprint density at radius 3 is 2.76 bits per heavy atom. The maximum absolute atomic E-state index is 12.3. The largest absolute Gasteiger partial charge is 0.490 e. The Labute approximate surface area is 143 Å². The summed E-state index contributed by atoms with van der Waals surface area (Å²) in [5.74, 6) is 0.136. The Hall–Kier alpha value is -3.34. The molecule has 130 valence electrons. The molecule has 0 radical (unpaired) electrons. The minimum Gasteiger partial charge on any atom is -0.490 e. The zero-order valence-corrected chi connectivity index (χ0v) is 13.9. The van der Waals surface area contributed by atoms with Crippen LogP contribution >= 0.6 is 0 Å². The molecule has 1 aromatic heterocycles. The molecule has 0 atom stereocenters. The summed E-state index contributed by atoms with van der Waals surface area (Å²) in [7, 11) is 0. The third-order valence-electron chi connectivity index (χ3n) is 3.26. The van der Waals surface area contributed by atoms with Gasteiger partial charge in [0, 0.05) is 19.3 Å². The van der Waals surface area contributed by atoms with Gasteiger partial charge in [0.25, 0.3) is 11.5 Å². The summed E-state index contributed by atoms with van der Waals surface area (Å²) in [6.07, 6.45) is 1.10. The van der Waals surface area contributed by atoms with Gasteiger partial charge in [-0.2, -0.15) is 5.26 Å². The van der Waals surface area contributed by atoms with E-state index in [1.165, 1.54) is 6.20 Å². The van der Waals surface area contributed by atoms with Crippen LogP contribution in [0, 0.1) is 11.3 Å². The summed E-state index contributed by atoms with van der Waals surface area (Å²) in [5, 5.41) is 11.5. The van der Waals surface area contributed by atoms with Gasteiger partial charge in [0.1, 0.15) is 17.4 Å². The number of rotatable bonds is 6. The van der Waals surface area contributed by atoms with Crippen molar-refractivity contribution in [3.63, 3.8) is 0 Å². The number of aromatic amines is 1. The zero-order valence-electron chi connectivity index (χ0n) is 13.9. The highest BCUT2D eigenvalue weighted by Gasteiger charge is 2.13. The molecule has 0 fully saturated rings. The van der Waals surface area contributed by atoms with Gasteiger partial charge in [-0.15, -0.1) is 0 Å². The number of nitriles is 1. The van der Waals surface area contributed by atoms with Crippen molar-refractivity contribution in [1.29, 1.82) is 5.26 Å². The lowest BCUT2D eigenvalue weighted by Crippen LogP contribution is -2.35. The van der Waals surface area contributed by atoms with Crippen molar-refractivity contribution >= 4 is 5.91 Å². The number of amides is 1. The summed E-state index contributed by atoms with van der Waals surface area (Å²) < 4.78 is 6.77. The van der Waals surface area contributed by atoms with Gasteiger partial charge in [-0.05, 0) is 26.0 Å². The number of H-pyrrole nitrogens is 1. The number of ether oxygens (including phenoxy) is 1. The molecule has 1 amide bonds. The topological polar surface area (TPSA) is 117 Å². The number of carbonyl (C=O) groups excluding carboxylic acids is 1. The van der Waals surface area contributed by atoms with Gasteiger partial charge in [-0.3, -0.25) is 19.1 Å². The van der Waals surface area contributed by atoms with Gasteiger partial charge in [0.15, 0.2) is 0 Å². The number of hydrogen-bond acceptors (Lipinski definition) is 5. The van der Waals surface area contributed by atoms with E-state index < -0.39 is 11.2 Å². The van der Waals surface area contributed by atoms with Crippen molar-refractivity contribution in [3.8, 4) is 11.8 Å². The molecule has 1 aromatic carbocycles. The quantitative estimate of drug-likeness (QED) is 0.798. The number of benzene rings is 1. The highest BCUT2D eigenvalue weighted by molar-refractivity contribution is 5.96. The monoisotopic (exact) mass is 342 g/mol. The minimum absolute atomic E-state index is 0.0712. The number of nitrogens with zero attached hydrogens (tertiary/aromatic N) is 2. The molecular weight excluding hydrogens is 324 g/mol. The number of carbonyl (C=O) groups is 1. The first kappa shape index (κ1) is 18.0. The highest BCUT2D eigenvalue weighted by Crippen LogP contribution is 2.19. The maximum atomic E-state index is 12.3. The van der Waals surface area contributed by atoms with E-state index in [-0.39, 0.29) is 30.7 Å². The van der Waals surface area contributed by atoms with Crippen molar-refractivity contribution in [1.82, 2.24) is 14.9 Å². The molecule has 0 spiro atoms. The Kier molecular flexibility index (Phi) is 5.74. The van der Waals surface area contributed by atoms with Crippen LogP contribution in [0.2, 0.25) is 0 Å². The van der Waals surface area contributed by atoms with Gasteiger partial charge < -0.3 is 10.1 Å². The van der Waals surface area contributed by atoms with Crippen LogP contribution in [0.25, 0.3) is 0 Å². The van der Waals surface area contributed by atoms with Crippen LogP contribution in [0.5, 0.6) is 5.75 Å². The first-order chi connectivity index (χ1) is 11.9. The van der Waals surface area contributed by atoms with Crippen LogP contribution in [0.15, 0.2) is 40.1 Å². The molecule has 2 N–H and O–H groups in total. The predicted molar refractivity (Wildman–Crippen MR) is 90.6 cm³/mol. The lowest BCUT2D eigenvalue weighted by molar-refractivity contribution is 0.0946. The molecule has 0 aliphatic carbocycles. The Bertz CT molecular complexity index is 921. The minimum atomic E-state index is -0.729. The molecule has 2 aromatic rings. The SMILES string of the molecule is CC(C)Oc1ccccc1C(=O)NCCn1cc(C#N)c(=O)[nH]c1=O. The molecule has 25 heavy (non-hydrogen) atoms. The number of para-hydroxylation sites is 1. The Balaban J connectivity index is 2.06. The average molecular weight is 342 g/mol. The van der Waals surface area contributed by atoms with Crippen LogP contribution in [-0.2, 0) is 6.54 Å². The molecule has 8 nitrogen and oxygen atoms in total. The van der Waals surface area contributed by atoms with Gasteiger partial charge in [0.2, 0.25) is 0 Å². The molecule has 0 bridgehead atoms. The smallest absolute Gasteiger partial charge is 0.328 e. The van der Waals surface area contributed by atoms with Crippen molar-refractivity contribution < 1.29 is 9.53 Å². The van der Waals surface area contributed by atoms with Crippen LogP contribution < -0.4 is 21.3 Å². The summed E-state index contributed by atoms with van der Waals surface area (Å²) in [6, 6.07) is 8.57. The molecule has 0 aliphatic heterocycles. The molecule has 2 rings (SSSR count). The third kappa shape index (κ3) is 4.57. The standard InChI is InChI=1S/C17H18N4O4/c1-11(2)25-14-6-4-3-5-13(14)16(23)19-7-8-21-10-12(9-18)15(22)20-17(21)24/h3-6,10-11H,7-8H2,1-2H3,(H,19,23)(H,20,22,24). The van der Waals surface area contributed by atoms with Crippen LogP contribution in [0.4, 0.5) is 0 Å². The Morgan fingerprint density at radius 1 is 1.36 bits per heavy atom. The van der Waals surface area contributed by atoms with Gasteiger partial charge in [-0.25, -0.2) is 4.79 Å². The molecular formula is C17H18N4O4. The van der Waals surface area contributed by atoms with E-state index in [9.17, 15) is 14.4 Å². The molecule has 8 heteroatoms. The van der Waals surface area contributed by atoms with E-state index in [0.717, 1.165) is 4.57 Å². The van der Waals surface area contributed by atoms with E-state index in [1.54, 1.807) is 30.3 Å². The lowest BCUT2D eigenvalue weighted by Gasteiger charge is -2.14. The van der Waals surface area contributed by atoms with Crippen LogP contribution in [0.3, 0.4) is 0 Å². The van der Waals surface area contributed by atoms with Crippen LogP contribution in [0.1, 0.15) is 29.8 Å². The predicted octanol–water partition coefficient (Wildman–Crippen LogP) is 0.625. The summed E-state index contributed by atoms with van der Waals surface area (Å²) in [4.78, 5) is 37.4. The van der Waals surface area contributed by atoms with E-state index in [2.05, 4.69) is 10.3 Å². The normalized spacial score (nSPS) is 10.3. The van der Waals surface area contributed by atoms with Crippen molar-refractivity contribution in [3.05, 3.63) is 62.4 Å². The molecule has 0 saturated carbocycles. The second-order valence-corrected chi connectivity index (χ2v) is 5.53. The van der Waals surface area contributed by atoms with E-state index in [4.69, 9.17) is 10.00 Å². The van der Waals surface area contributed by atoms with Crippen molar-refractivity contribution in [2.75, 3.05) is 6.54 Å².